The second-order valence-corrected chi connectivity index (χ2v) is 6.89. The second-order valence-electron chi connectivity index (χ2n) is 4.87. The van der Waals surface area contributed by atoms with Crippen molar-refractivity contribution in [2.75, 3.05) is 13.4 Å². The van der Waals surface area contributed by atoms with Crippen LogP contribution in [-0.4, -0.2) is 33.7 Å². The van der Waals surface area contributed by atoms with Crippen molar-refractivity contribution in [3.8, 4) is 5.75 Å². The van der Waals surface area contributed by atoms with Crippen molar-refractivity contribution in [1.29, 1.82) is 0 Å². The number of rotatable bonds is 4. The average Bonchev–Trinajstić information content (AvgIpc) is 2.45. The summed E-state index contributed by atoms with van der Waals surface area (Å²) in [7, 11) is -1.73. The zero-order valence-electron chi connectivity index (χ0n) is 11.9. The van der Waals surface area contributed by atoms with Gasteiger partial charge in [0, 0.05) is 24.3 Å². The number of hydrazine groups is 1. The van der Waals surface area contributed by atoms with Crippen LogP contribution in [0, 0.1) is 0 Å². The Kier molecular flexibility index (Phi) is 4.64. The van der Waals surface area contributed by atoms with Gasteiger partial charge in [-0.25, -0.2) is 13.8 Å². The summed E-state index contributed by atoms with van der Waals surface area (Å²) in [6.07, 6.45) is 5.99. The van der Waals surface area contributed by atoms with E-state index in [1.165, 1.54) is 19.4 Å². The van der Waals surface area contributed by atoms with E-state index in [4.69, 9.17) is 4.74 Å². The molecule has 0 spiro atoms. The van der Waals surface area contributed by atoms with Crippen LogP contribution in [0.3, 0.4) is 0 Å². The summed E-state index contributed by atoms with van der Waals surface area (Å²) in [6, 6.07) is 4.73. The second kappa shape index (κ2) is 6.28. The summed E-state index contributed by atoms with van der Waals surface area (Å²) in [5.41, 5.74) is 6.12. The van der Waals surface area contributed by atoms with Crippen LogP contribution < -0.4 is 15.6 Å². The first-order valence-electron chi connectivity index (χ1n) is 6.51. The summed E-state index contributed by atoms with van der Waals surface area (Å²) < 4.78 is 28.4. The molecule has 1 unspecified atom stereocenters. The van der Waals surface area contributed by atoms with Crippen molar-refractivity contribution in [3.63, 3.8) is 0 Å². The van der Waals surface area contributed by atoms with Gasteiger partial charge in [0.15, 0.2) is 9.84 Å². The van der Waals surface area contributed by atoms with Gasteiger partial charge in [0.25, 0.3) is 0 Å². The number of carbonyl (C=O) groups excluding carboxylic acids is 1. The van der Waals surface area contributed by atoms with E-state index in [2.05, 4.69) is 10.9 Å². The number of benzene rings is 1. The van der Waals surface area contributed by atoms with E-state index in [0.29, 0.717) is 24.2 Å². The van der Waals surface area contributed by atoms with E-state index in [0.717, 1.165) is 0 Å². The molecule has 0 radical (unpaired) electrons. The fourth-order valence-electron chi connectivity index (χ4n) is 2.03. The van der Waals surface area contributed by atoms with Crippen LogP contribution in [0.15, 0.2) is 29.2 Å². The van der Waals surface area contributed by atoms with E-state index in [1.807, 2.05) is 6.08 Å². The van der Waals surface area contributed by atoms with Crippen LogP contribution in [-0.2, 0) is 14.6 Å². The quantitative estimate of drug-likeness (QED) is 0.863. The Hall–Kier alpha value is -1.86. The molecule has 2 rings (SSSR count). The monoisotopic (exact) mass is 310 g/mol. The number of amides is 1. The Morgan fingerprint density at radius 1 is 1.38 bits per heavy atom. The van der Waals surface area contributed by atoms with Crippen molar-refractivity contribution in [1.82, 2.24) is 10.9 Å². The molecule has 1 aromatic carbocycles. The van der Waals surface area contributed by atoms with Crippen molar-refractivity contribution in [2.45, 2.75) is 23.8 Å². The van der Waals surface area contributed by atoms with Crippen LogP contribution >= 0.6 is 0 Å². The third-order valence-electron chi connectivity index (χ3n) is 3.22. The molecule has 1 aliphatic heterocycles. The van der Waals surface area contributed by atoms with Crippen molar-refractivity contribution < 1.29 is 17.9 Å². The van der Waals surface area contributed by atoms with Crippen LogP contribution in [0.1, 0.15) is 18.4 Å². The molecule has 114 valence electrons. The van der Waals surface area contributed by atoms with E-state index in [9.17, 15) is 13.2 Å². The number of sulfone groups is 1. The number of nitrogens with one attached hydrogen (secondary N) is 2. The standard InChI is InChI=1S/C14H18N2O4S/c1-20-13-7-6-12(21(2,18)19)9-10(13)3-4-11-5-8-14(17)16-15-11/h3-4,6-7,9,11,15H,5,8H2,1-2H3,(H,16,17)/b4-3+. The molecule has 7 heteroatoms. The number of carbonyl (C=O) groups is 1. The van der Waals surface area contributed by atoms with Crippen molar-refractivity contribution in [3.05, 3.63) is 29.8 Å². The zero-order chi connectivity index (χ0) is 15.5. The topological polar surface area (TPSA) is 84.5 Å². The maximum absolute atomic E-state index is 11.6. The fourth-order valence-corrected chi connectivity index (χ4v) is 2.69. The third kappa shape index (κ3) is 4.05. The summed E-state index contributed by atoms with van der Waals surface area (Å²) in [4.78, 5) is 11.3. The number of hydrogen-bond acceptors (Lipinski definition) is 5. The first-order valence-corrected chi connectivity index (χ1v) is 8.40. The molecule has 0 saturated carbocycles. The third-order valence-corrected chi connectivity index (χ3v) is 4.33. The molecule has 1 saturated heterocycles. The van der Waals surface area contributed by atoms with Gasteiger partial charge in [-0.15, -0.1) is 0 Å². The minimum atomic E-state index is -3.26. The van der Waals surface area contributed by atoms with Crippen molar-refractivity contribution >= 4 is 21.8 Å². The van der Waals surface area contributed by atoms with Gasteiger partial charge in [-0.3, -0.25) is 10.2 Å². The lowest BCUT2D eigenvalue weighted by Crippen LogP contribution is -2.48. The fraction of sp³-hybridized carbons (Fsp3) is 0.357. The van der Waals surface area contributed by atoms with Gasteiger partial charge >= 0.3 is 0 Å². The molecule has 1 atom stereocenters. The largest absolute Gasteiger partial charge is 0.496 e. The SMILES string of the molecule is COc1ccc(S(C)(=O)=O)cc1/C=C/C1CCC(=O)NN1. The number of hydrogen-bond donors (Lipinski definition) is 2. The Bertz CT molecular complexity index is 658. The highest BCUT2D eigenvalue weighted by Crippen LogP contribution is 2.24. The number of methoxy groups -OCH3 is 1. The molecular weight excluding hydrogens is 292 g/mol. The summed E-state index contributed by atoms with van der Waals surface area (Å²) >= 11 is 0. The van der Waals surface area contributed by atoms with Gasteiger partial charge in [0.1, 0.15) is 5.75 Å². The Morgan fingerprint density at radius 2 is 2.14 bits per heavy atom. The maximum Gasteiger partial charge on any atom is 0.234 e. The lowest BCUT2D eigenvalue weighted by molar-refractivity contribution is -0.123. The van der Waals surface area contributed by atoms with Gasteiger partial charge in [-0.1, -0.05) is 12.2 Å². The molecule has 21 heavy (non-hydrogen) atoms. The normalized spacial score (nSPS) is 19.5. The first-order chi connectivity index (χ1) is 9.90. The van der Waals surface area contributed by atoms with E-state index in [1.54, 1.807) is 18.2 Å². The highest BCUT2D eigenvalue weighted by atomic mass is 32.2. The molecule has 1 aromatic rings. The van der Waals surface area contributed by atoms with E-state index < -0.39 is 9.84 Å². The summed E-state index contributed by atoms with van der Waals surface area (Å²) in [6.45, 7) is 0. The first kappa shape index (κ1) is 15.5. The molecular formula is C14H18N2O4S. The van der Waals surface area contributed by atoms with Gasteiger partial charge in [0.2, 0.25) is 5.91 Å². The molecule has 2 N–H and O–H groups in total. The zero-order valence-corrected chi connectivity index (χ0v) is 12.7. The van der Waals surface area contributed by atoms with Crippen molar-refractivity contribution in [2.24, 2.45) is 0 Å². The van der Waals surface area contributed by atoms with Gasteiger partial charge < -0.3 is 4.74 Å². The average molecular weight is 310 g/mol. The van der Waals surface area contributed by atoms with E-state index >= 15 is 0 Å². The lowest BCUT2D eigenvalue weighted by atomic mass is 10.1. The maximum atomic E-state index is 11.6. The minimum Gasteiger partial charge on any atom is -0.496 e. The predicted octanol–water partition coefficient (Wildman–Crippen LogP) is 0.895. The van der Waals surface area contributed by atoms with Gasteiger partial charge in [0.05, 0.1) is 12.0 Å². The highest BCUT2D eigenvalue weighted by molar-refractivity contribution is 7.90. The molecule has 1 amide bonds. The van der Waals surface area contributed by atoms with Crippen LogP contribution in [0.2, 0.25) is 0 Å². The highest BCUT2D eigenvalue weighted by Gasteiger charge is 2.15. The van der Waals surface area contributed by atoms with Gasteiger partial charge in [-0.05, 0) is 24.6 Å². The Balaban J connectivity index is 2.23. The molecule has 1 heterocycles. The number of ether oxygens (including phenoxy) is 1. The summed E-state index contributed by atoms with van der Waals surface area (Å²) in [5, 5.41) is 0. The van der Waals surface area contributed by atoms with E-state index in [-0.39, 0.29) is 16.8 Å². The lowest BCUT2D eigenvalue weighted by Gasteiger charge is -2.20. The van der Waals surface area contributed by atoms with Crippen LogP contribution in [0.4, 0.5) is 0 Å². The smallest absolute Gasteiger partial charge is 0.234 e. The van der Waals surface area contributed by atoms with Gasteiger partial charge in [-0.2, -0.15) is 0 Å². The minimum absolute atomic E-state index is 0.00861. The Morgan fingerprint density at radius 3 is 2.71 bits per heavy atom. The molecule has 0 aliphatic carbocycles. The molecule has 0 aromatic heterocycles. The summed E-state index contributed by atoms with van der Waals surface area (Å²) in [5.74, 6) is 0.565. The predicted molar refractivity (Wildman–Crippen MR) is 79.4 cm³/mol. The van der Waals surface area contributed by atoms with Crippen LogP contribution in [0.5, 0.6) is 5.75 Å². The molecule has 1 aliphatic rings. The molecule has 6 nitrogen and oxygen atoms in total. The Labute approximate surface area is 124 Å². The van der Waals surface area contributed by atoms with Crippen LogP contribution in [0.25, 0.3) is 6.08 Å². The molecule has 1 fully saturated rings. The molecule has 0 bridgehead atoms.